The summed E-state index contributed by atoms with van der Waals surface area (Å²) >= 11 is 0. The molecular formula is C25H24N2O5. The summed E-state index contributed by atoms with van der Waals surface area (Å²) in [6, 6.07) is 19.1. The Balaban J connectivity index is 1.58. The van der Waals surface area contributed by atoms with Gasteiger partial charge >= 0.3 is 0 Å². The maximum absolute atomic E-state index is 12.4. The van der Waals surface area contributed by atoms with Crippen molar-refractivity contribution in [3.8, 4) is 17.2 Å². The van der Waals surface area contributed by atoms with Gasteiger partial charge in [-0.1, -0.05) is 6.07 Å². The van der Waals surface area contributed by atoms with E-state index in [2.05, 4.69) is 10.6 Å². The lowest BCUT2D eigenvalue weighted by molar-refractivity contribution is -0.111. The van der Waals surface area contributed by atoms with Gasteiger partial charge < -0.3 is 24.8 Å². The van der Waals surface area contributed by atoms with Crippen LogP contribution in [0.2, 0.25) is 0 Å². The molecule has 0 bridgehead atoms. The van der Waals surface area contributed by atoms with Gasteiger partial charge in [0.05, 0.1) is 21.3 Å². The van der Waals surface area contributed by atoms with Crippen molar-refractivity contribution in [1.29, 1.82) is 0 Å². The van der Waals surface area contributed by atoms with Crippen molar-refractivity contribution >= 4 is 29.3 Å². The third-order valence-electron chi connectivity index (χ3n) is 4.60. The molecule has 0 unspecified atom stereocenters. The fraction of sp³-hybridized carbons (Fsp3) is 0.120. The molecule has 0 aromatic heterocycles. The second-order valence-electron chi connectivity index (χ2n) is 6.70. The molecule has 0 aliphatic heterocycles. The second kappa shape index (κ2) is 10.7. The Kier molecular flexibility index (Phi) is 7.48. The van der Waals surface area contributed by atoms with Crippen LogP contribution in [-0.4, -0.2) is 33.1 Å². The highest BCUT2D eigenvalue weighted by molar-refractivity contribution is 6.05. The Bertz CT molecular complexity index is 1110. The molecule has 0 aliphatic carbocycles. The van der Waals surface area contributed by atoms with Gasteiger partial charge in [-0.05, 0) is 72.3 Å². The molecule has 7 heteroatoms. The average molecular weight is 432 g/mol. The van der Waals surface area contributed by atoms with E-state index in [-0.39, 0.29) is 11.8 Å². The van der Waals surface area contributed by atoms with Crippen LogP contribution in [0.1, 0.15) is 15.9 Å². The van der Waals surface area contributed by atoms with E-state index in [1.807, 2.05) is 6.07 Å². The lowest BCUT2D eigenvalue weighted by Crippen LogP contribution is -2.12. The van der Waals surface area contributed by atoms with E-state index in [4.69, 9.17) is 14.2 Å². The van der Waals surface area contributed by atoms with Gasteiger partial charge in [0.25, 0.3) is 5.91 Å². The molecule has 3 rings (SSSR count). The monoisotopic (exact) mass is 432 g/mol. The Hall–Kier alpha value is -4.26. The topological polar surface area (TPSA) is 85.9 Å². The van der Waals surface area contributed by atoms with Crippen LogP contribution in [0.25, 0.3) is 6.08 Å². The van der Waals surface area contributed by atoms with Crippen molar-refractivity contribution in [2.75, 3.05) is 32.0 Å². The standard InChI is InChI=1S/C25H24N2O5/c1-30-21-12-10-20(11-13-21)27-25(29)18-6-8-19(9-7-18)26-24(28)15-5-17-4-14-22(31-2)23(16-17)32-3/h4-16H,1-3H3,(H,26,28)(H,27,29)/b15-5+. The molecule has 2 N–H and O–H groups in total. The number of carbonyl (C=O) groups is 2. The molecular weight excluding hydrogens is 408 g/mol. The van der Waals surface area contributed by atoms with Gasteiger partial charge in [0.2, 0.25) is 5.91 Å². The van der Waals surface area contributed by atoms with Crippen LogP contribution in [0, 0.1) is 0 Å². The molecule has 0 spiro atoms. The van der Waals surface area contributed by atoms with Gasteiger partial charge in [-0.25, -0.2) is 0 Å². The highest BCUT2D eigenvalue weighted by Gasteiger charge is 2.07. The van der Waals surface area contributed by atoms with E-state index >= 15 is 0 Å². The summed E-state index contributed by atoms with van der Waals surface area (Å²) in [6.07, 6.45) is 3.10. The second-order valence-corrected chi connectivity index (χ2v) is 6.70. The van der Waals surface area contributed by atoms with Crippen LogP contribution in [-0.2, 0) is 4.79 Å². The van der Waals surface area contributed by atoms with Gasteiger partial charge in [-0.3, -0.25) is 9.59 Å². The highest BCUT2D eigenvalue weighted by Crippen LogP contribution is 2.28. The summed E-state index contributed by atoms with van der Waals surface area (Å²) in [6.45, 7) is 0. The predicted octanol–water partition coefficient (Wildman–Crippen LogP) is 4.62. The third kappa shape index (κ3) is 5.89. The first kappa shape index (κ1) is 22.4. The van der Waals surface area contributed by atoms with Crippen LogP contribution in [0.3, 0.4) is 0 Å². The lowest BCUT2D eigenvalue weighted by atomic mass is 10.1. The van der Waals surface area contributed by atoms with E-state index in [0.29, 0.717) is 34.2 Å². The number of nitrogens with one attached hydrogen (secondary N) is 2. The predicted molar refractivity (Wildman–Crippen MR) is 125 cm³/mol. The van der Waals surface area contributed by atoms with Crippen LogP contribution in [0.5, 0.6) is 17.2 Å². The first-order valence-electron chi connectivity index (χ1n) is 9.79. The van der Waals surface area contributed by atoms with Crippen molar-refractivity contribution in [3.05, 3.63) is 83.9 Å². The number of benzene rings is 3. The molecule has 32 heavy (non-hydrogen) atoms. The van der Waals surface area contributed by atoms with Crippen LogP contribution in [0.4, 0.5) is 11.4 Å². The Morgan fingerprint density at radius 2 is 1.34 bits per heavy atom. The average Bonchev–Trinajstić information content (AvgIpc) is 2.83. The van der Waals surface area contributed by atoms with Crippen LogP contribution >= 0.6 is 0 Å². The zero-order valence-corrected chi connectivity index (χ0v) is 18.0. The first-order valence-corrected chi connectivity index (χ1v) is 9.79. The third-order valence-corrected chi connectivity index (χ3v) is 4.60. The van der Waals surface area contributed by atoms with E-state index in [0.717, 1.165) is 5.56 Å². The quantitative estimate of drug-likeness (QED) is 0.508. The maximum Gasteiger partial charge on any atom is 0.255 e. The number of rotatable bonds is 8. The summed E-state index contributed by atoms with van der Waals surface area (Å²) in [7, 11) is 4.70. The summed E-state index contributed by atoms with van der Waals surface area (Å²) in [4.78, 5) is 24.6. The number of ether oxygens (including phenoxy) is 3. The van der Waals surface area contributed by atoms with Crippen LogP contribution in [0.15, 0.2) is 72.8 Å². The van der Waals surface area contributed by atoms with Crippen molar-refractivity contribution in [3.63, 3.8) is 0 Å². The summed E-state index contributed by atoms with van der Waals surface area (Å²) < 4.78 is 15.6. The molecule has 2 amide bonds. The number of hydrogen-bond donors (Lipinski definition) is 2. The molecule has 0 atom stereocenters. The van der Waals surface area contributed by atoms with Crippen LogP contribution < -0.4 is 24.8 Å². The summed E-state index contributed by atoms with van der Waals surface area (Å²) in [5, 5.41) is 5.58. The van der Waals surface area contributed by atoms with Crippen molar-refractivity contribution in [2.45, 2.75) is 0 Å². The summed E-state index contributed by atoms with van der Waals surface area (Å²) in [5.74, 6) is 1.36. The first-order chi connectivity index (χ1) is 15.5. The van der Waals surface area contributed by atoms with Gasteiger partial charge in [-0.15, -0.1) is 0 Å². The summed E-state index contributed by atoms with van der Waals surface area (Å²) in [5.41, 5.74) is 2.50. The molecule has 0 aliphatic rings. The molecule has 0 radical (unpaired) electrons. The zero-order chi connectivity index (χ0) is 22.9. The molecule has 0 saturated heterocycles. The number of methoxy groups -OCH3 is 3. The van der Waals surface area contributed by atoms with E-state index in [9.17, 15) is 9.59 Å². The Labute approximate surface area is 186 Å². The lowest BCUT2D eigenvalue weighted by Gasteiger charge is -2.08. The fourth-order valence-electron chi connectivity index (χ4n) is 2.89. The Morgan fingerprint density at radius 1 is 0.719 bits per heavy atom. The SMILES string of the molecule is COc1ccc(NC(=O)c2ccc(NC(=O)/C=C/c3ccc(OC)c(OC)c3)cc2)cc1. The minimum absolute atomic E-state index is 0.249. The number of anilines is 2. The molecule has 164 valence electrons. The largest absolute Gasteiger partial charge is 0.497 e. The molecule has 7 nitrogen and oxygen atoms in total. The Morgan fingerprint density at radius 3 is 1.97 bits per heavy atom. The molecule has 0 fully saturated rings. The zero-order valence-electron chi connectivity index (χ0n) is 18.0. The number of hydrogen-bond acceptors (Lipinski definition) is 5. The minimum atomic E-state index is -0.296. The molecule has 3 aromatic rings. The van der Waals surface area contributed by atoms with Crippen molar-refractivity contribution in [2.24, 2.45) is 0 Å². The van der Waals surface area contributed by atoms with Gasteiger partial charge in [0.15, 0.2) is 11.5 Å². The van der Waals surface area contributed by atoms with Crippen molar-refractivity contribution < 1.29 is 23.8 Å². The van der Waals surface area contributed by atoms with Gasteiger partial charge in [0, 0.05) is 23.0 Å². The highest BCUT2D eigenvalue weighted by atomic mass is 16.5. The minimum Gasteiger partial charge on any atom is -0.497 e. The fourth-order valence-corrected chi connectivity index (χ4v) is 2.89. The smallest absolute Gasteiger partial charge is 0.255 e. The molecule has 0 heterocycles. The van der Waals surface area contributed by atoms with Crippen molar-refractivity contribution in [1.82, 2.24) is 0 Å². The van der Waals surface area contributed by atoms with E-state index < -0.39 is 0 Å². The maximum atomic E-state index is 12.4. The molecule has 0 saturated carbocycles. The number of carbonyl (C=O) groups excluding carboxylic acids is 2. The van der Waals surface area contributed by atoms with Gasteiger partial charge in [-0.2, -0.15) is 0 Å². The van der Waals surface area contributed by atoms with E-state index in [1.54, 1.807) is 88.1 Å². The number of amides is 2. The molecule has 3 aromatic carbocycles. The van der Waals surface area contributed by atoms with E-state index in [1.165, 1.54) is 6.08 Å². The van der Waals surface area contributed by atoms with Gasteiger partial charge in [0.1, 0.15) is 5.75 Å². The normalized spacial score (nSPS) is 10.5.